The zero-order valence-corrected chi connectivity index (χ0v) is 13.2. The van der Waals surface area contributed by atoms with Crippen LogP contribution in [-0.2, 0) is 13.2 Å². The molecule has 4 nitrogen and oxygen atoms in total. The lowest BCUT2D eigenvalue weighted by atomic mass is 10.1. The predicted molar refractivity (Wildman–Crippen MR) is 87.1 cm³/mol. The highest BCUT2D eigenvalue weighted by atomic mass is 19.1. The molecular formula is C18H22FNO3. The van der Waals surface area contributed by atoms with Gasteiger partial charge in [-0.05, 0) is 25.1 Å². The number of aliphatic hydroxyl groups is 1. The van der Waals surface area contributed by atoms with Crippen molar-refractivity contribution in [1.29, 1.82) is 0 Å². The molecule has 2 aromatic carbocycles. The maximum atomic E-state index is 13.7. The van der Waals surface area contributed by atoms with Gasteiger partial charge in [0, 0.05) is 24.3 Å². The topological polar surface area (TPSA) is 50.7 Å². The van der Waals surface area contributed by atoms with E-state index in [1.165, 1.54) is 6.07 Å². The number of nitrogens with one attached hydrogen (secondary N) is 1. The fourth-order valence-corrected chi connectivity index (χ4v) is 2.22. The van der Waals surface area contributed by atoms with E-state index < -0.39 is 0 Å². The number of benzene rings is 2. The summed E-state index contributed by atoms with van der Waals surface area (Å²) >= 11 is 0. The molecule has 2 N–H and O–H groups in total. The average molecular weight is 319 g/mol. The number of rotatable bonds is 9. The molecule has 0 saturated heterocycles. The molecule has 23 heavy (non-hydrogen) atoms. The van der Waals surface area contributed by atoms with E-state index in [0.29, 0.717) is 36.6 Å². The van der Waals surface area contributed by atoms with Crippen molar-refractivity contribution in [3.63, 3.8) is 0 Å². The van der Waals surface area contributed by atoms with Crippen LogP contribution >= 0.6 is 0 Å². The van der Waals surface area contributed by atoms with Gasteiger partial charge in [-0.1, -0.05) is 30.3 Å². The molecule has 2 aromatic rings. The van der Waals surface area contributed by atoms with E-state index in [1.807, 2.05) is 18.2 Å². The minimum absolute atomic E-state index is 0.136. The third-order valence-electron chi connectivity index (χ3n) is 3.44. The molecule has 0 heterocycles. The molecule has 0 bridgehead atoms. The van der Waals surface area contributed by atoms with Gasteiger partial charge in [-0.3, -0.25) is 0 Å². The third-order valence-corrected chi connectivity index (χ3v) is 3.44. The molecule has 0 fully saturated rings. The van der Waals surface area contributed by atoms with E-state index in [0.717, 1.165) is 5.56 Å². The lowest BCUT2D eigenvalue weighted by Crippen LogP contribution is -2.16. The van der Waals surface area contributed by atoms with Crippen LogP contribution in [0.15, 0.2) is 42.5 Å². The van der Waals surface area contributed by atoms with Crippen LogP contribution in [0.5, 0.6) is 11.5 Å². The summed E-state index contributed by atoms with van der Waals surface area (Å²) in [6.07, 6.45) is 0.690. The molecule has 124 valence electrons. The van der Waals surface area contributed by atoms with Crippen molar-refractivity contribution in [3.8, 4) is 11.5 Å². The second kappa shape index (κ2) is 9.12. The first-order chi connectivity index (χ1) is 11.3. The van der Waals surface area contributed by atoms with E-state index in [-0.39, 0.29) is 19.0 Å². The molecule has 0 radical (unpaired) electrons. The van der Waals surface area contributed by atoms with Gasteiger partial charge in [0.2, 0.25) is 0 Å². The van der Waals surface area contributed by atoms with E-state index in [2.05, 4.69) is 5.32 Å². The maximum absolute atomic E-state index is 13.7. The molecule has 0 aliphatic heterocycles. The van der Waals surface area contributed by atoms with Crippen LogP contribution in [0.4, 0.5) is 4.39 Å². The number of ether oxygens (including phenoxy) is 2. The quantitative estimate of drug-likeness (QED) is 0.698. The Morgan fingerprint density at radius 1 is 1.09 bits per heavy atom. The second-order valence-corrected chi connectivity index (χ2v) is 5.08. The number of aliphatic hydroxyl groups excluding tert-OH is 1. The molecule has 0 saturated carbocycles. The van der Waals surface area contributed by atoms with Crippen molar-refractivity contribution in [2.24, 2.45) is 0 Å². The van der Waals surface area contributed by atoms with Gasteiger partial charge in [0.05, 0.1) is 7.11 Å². The van der Waals surface area contributed by atoms with Gasteiger partial charge in [-0.25, -0.2) is 4.39 Å². The summed E-state index contributed by atoms with van der Waals surface area (Å²) in [5.74, 6) is 0.933. The van der Waals surface area contributed by atoms with Gasteiger partial charge in [0.15, 0.2) is 11.5 Å². The lowest BCUT2D eigenvalue weighted by Gasteiger charge is -2.16. The van der Waals surface area contributed by atoms with E-state index in [9.17, 15) is 4.39 Å². The molecule has 2 rings (SSSR count). The molecule has 0 unspecified atom stereocenters. The van der Waals surface area contributed by atoms with Gasteiger partial charge in [-0.2, -0.15) is 0 Å². The van der Waals surface area contributed by atoms with E-state index >= 15 is 0 Å². The number of hydrogen-bond donors (Lipinski definition) is 2. The van der Waals surface area contributed by atoms with Crippen molar-refractivity contribution in [1.82, 2.24) is 5.32 Å². The van der Waals surface area contributed by atoms with Crippen LogP contribution in [0.1, 0.15) is 17.5 Å². The van der Waals surface area contributed by atoms with Gasteiger partial charge in [0.1, 0.15) is 12.4 Å². The fraction of sp³-hybridized carbons (Fsp3) is 0.333. The van der Waals surface area contributed by atoms with Crippen molar-refractivity contribution in [2.75, 3.05) is 20.3 Å². The van der Waals surface area contributed by atoms with Crippen LogP contribution in [-0.4, -0.2) is 25.4 Å². The van der Waals surface area contributed by atoms with Gasteiger partial charge in [0.25, 0.3) is 0 Å². The van der Waals surface area contributed by atoms with Crippen molar-refractivity contribution >= 4 is 0 Å². The first-order valence-corrected chi connectivity index (χ1v) is 7.60. The normalized spacial score (nSPS) is 10.6. The molecule has 0 spiro atoms. The zero-order valence-electron chi connectivity index (χ0n) is 13.2. The SMILES string of the molecule is COc1cccc(CNCCCO)c1OCc1ccccc1F. The molecule has 0 atom stereocenters. The molecule has 5 heteroatoms. The van der Waals surface area contributed by atoms with Crippen molar-refractivity contribution in [3.05, 3.63) is 59.4 Å². The van der Waals surface area contributed by atoms with E-state index in [4.69, 9.17) is 14.6 Å². The summed E-state index contributed by atoms with van der Waals surface area (Å²) in [4.78, 5) is 0. The molecular weight excluding hydrogens is 297 g/mol. The average Bonchev–Trinajstić information content (AvgIpc) is 2.58. The van der Waals surface area contributed by atoms with Crippen LogP contribution in [0, 0.1) is 5.82 Å². The molecule has 0 aromatic heterocycles. The van der Waals surface area contributed by atoms with Crippen LogP contribution < -0.4 is 14.8 Å². The van der Waals surface area contributed by atoms with Gasteiger partial charge < -0.3 is 19.9 Å². The predicted octanol–water partition coefficient (Wildman–Crippen LogP) is 2.89. The monoisotopic (exact) mass is 319 g/mol. The number of halogens is 1. The second-order valence-electron chi connectivity index (χ2n) is 5.08. The Hall–Kier alpha value is -2.11. The summed E-state index contributed by atoms with van der Waals surface area (Å²) in [5.41, 5.74) is 1.43. The zero-order chi connectivity index (χ0) is 16.5. The van der Waals surface area contributed by atoms with E-state index in [1.54, 1.807) is 25.3 Å². The minimum Gasteiger partial charge on any atom is -0.493 e. The summed E-state index contributed by atoms with van der Waals surface area (Å²) in [6.45, 7) is 1.59. The van der Waals surface area contributed by atoms with Crippen LogP contribution in [0.25, 0.3) is 0 Å². The maximum Gasteiger partial charge on any atom is 0.166 e. The number of hydrogen-bond acceptors (Lipinski definition) is 4. The molecule has 0 aliphatic rings. The Balaban J connectivity index is 2.10. The van der Waals surface area contributed by atoms with Crippen molar-refractivity contribution < 1.29 is 19.0 Å². The Bertz CT molecular complexity index is 619. The highest BCUT2D eigenvalue weighted by molar-refractivity contribution is 5.46. The summed E-state index contributed by atoms with van der Waals surface area (Å²) in [5, 5.41) is 12.1. The summed E-state index contributed by atoms with van der Waals surface area (Å²) < 4.78 is 24.9. The van der Waals surface area contributed by atoms with Gasteiger partial charge >= 0.3 is 0 Å². The molecule has 0 aliphatic carbocycles. The standard InChI is InChI=1S/C18H22FNO3/c1-22-17-9-4-7-14(12-20-10-5-11-21)18(17)23-13-15-6-2-3-8-16(15)19/h2-4,6-9,20-21H,5,10-13H2,1H3. The van der Waals surface area contributed by atoms with Crippen LogP contribution in [0.2, 0.25) is 0 Å². The van der Waals surface area contributed by atoms with Crippen LogP contribution in [0.3, 0.4) is 0 Å². The van der Waals surface area contributed by atoms with Gasteiger partial charge in [-0.15, -0.1) is 0 Å². The molecule has 0 amide bonds. The van der Waals surface area contributed by atoms with Crippen molar-refractivity contribution in [2.45, 2.75) is 19.6 Å². The minimum atomic E-state index is -0.287. The Kier molecular flexibility index (Phi) is 6.84. The summed E-state index contributed by atoms with van der Waals surface area (Å²) in [6, 6.07) is 12.2. The number of para-hydroxylation sites is 1. The highest BCUT2D eigenvalue weighted by Gasteiger charge is 2.11. The Morgan fingerprint density at radius 2 is 1.87 bits per heavy atom. The summed E-state index contributed by atoms with van der Waals surface area (Å²) in [7, 11) is 1.58. The Morgan fingerprint density at radius 3 is 2.61 bits per heavy atom. The number of methoxy groups -OCH3 is 1. The Labute approximate surface area is 135 Å². The third kappa shape index (κ3) is 4.94. The fourth-order valence-electron chi connectivity index (χ4n) is 2.22. The first-order valence-electron chi connectivity index (χ1n) is 7.60. The largest absolute Gasteiger partial charge is 0.493 e. The lowest BCUT2D eigenvalue weighted by molar-refractivity contribution is 0.274. The smallest absolute Gasteiger partial charge is 0.166 e. The highest BCUT2D eigenvalue weighted by Crippen LogP contribution is 2.32. The first kappa shape index (κ1) is 17.2.